The quantitative estimate of drug-likeness (QED) is 0.186. The number of alkyl halides is 1. The molecule has 0 unspecified atom stereocenters. The molecule has 4 aromatic rings. The van der Waals surface area contributed by atoms with Gasteiger partial charge in [0.25, 0.3) is 5.91 Å². The molecule has 2 aromatic carbocycles. The van der Waals surface area contributed by atoms with E-state index in [2.05, 4.69) is 4.98 Å². The van der Waals surface area contributed by atoms with Crippen molar-refractivity contribution in [3.8, 4) is 11.1 Å². The summed E-state index contributed by atoms with van der Waals surface area (Å²) in [6.07, 6.45) is 6.23. The number of hydrogen-bond donors (Lipinski definition) is 1. The molecular formula is C30H28Cl3FN2O3. The van der Waals surface area contributed by atoms with Gasteiger partial charge >= 0.3 is 5.97 Å². The first-order valence-corrected chi connectivity index (χ1v) is 13.3. The van der Waals surface area contributed by atoms with Gasteiger partial charge in [0.2, 0.25) is 0 Å². The van der Waals surface area contributed by atoms with Gasteiger partial charge in [-0.25, -0.2) is 9.18 Å². The minimum absolute atomic E-state index is 0.0880. The molecule has 0 aliphatic heterocycles. The zero-order valence-electron chi connectivity index (χ0n) is 22.4. The summed E-state index contributed by atoms with van der Waals surface area (Å²) in [7, 11) is 0. The van der Waals surface area contributed by atoms with Crippen LogP contribution in [0.5, 0.6) is 0 Å². The second kappa shape index (κ2) is 10.5. The van der Waals surface area contributed by atoms with Crippen molar-refractivity contribution in [1.82, 2.24) is 9.55 Å². The van der Waals surface area contributed by atoms with Crippen LogP contribution in [0.2, 0.25) is 15.1 Å². The number of esters is 1. The molecule has 0 spiro atoms. The molecule has 0 aliphatic carbocycles. The maximum atomic E-state index is 15.4. The number of carbonyl (C=O) groups excluding carboxylic acids is 2. The van der Waals surface area contributed by atoms with Crippen molar-refractivity contribution < 1.29 is 18.7 Å². The Bertz CT molecular complexity index is 1610. The first-order chi connectivity index (χ1) is 18.1. The molecule has 9 heteroatoms. The van der Waals surface area contributed by atoms with Crippen molar-refractivity contribution in [2.45, 2.75) is 52.8 Å². The van der Waals surface area contributed by atoms with Crippen LogP contribution in [-0.2, 0) is 15.2 Å². The van der Waals surface area contributed by atoms with Crippen molar-refractivity contribution in [1.29, 1.82) is 0 Å². The van der Waals surface area contributed by atoms with Crippen molar-refractivity contribution in [3.05, 3.63) is 86.3 Å². The summed E-state index contributed by atoms with van der Waals surface area (Å²) in [5.74, 6) is -0.948. The highest BCUT2D eigenvalue weighted by Gasteiger charge is 2.33. The van der Waals surface area contributed by atoms with Crippen LogP contribution in [0.1, 0.15) is 61.8 Å². The molecule has 4 rings (SSSR count). The molecular weight excluding hydrogens is 562 g/mol. The summed E-state index contributed by atoms with van der Waals surface area (Å²) < 4.78 is 22.2. The Balaban J connectivity index is 1.88. The average molecular weight is 590 g/mol. The van der Waals surface area contributed by atoms with E-state index >= 15 is 4.39 Å². The molecule has 2 heterocycles. The third kappa shape index (κ3) is 5.93. The van der Waals surface area contributed by atoms with Gasteiger partial charge in [0.05, 0.1) is 26.8 Å². The van der Waals surface area contributed by atoms with Gasteiger partial charge in [0.1, 0.15) is 11.3 Å². The normalized spacial score (nSPS) is 12.5. The Kier molecular flexibility index (Phi) is 7.78. The maximum absolute atomic E-state index is 15.4. The molecule has 0 fully saturated rings. The molecule has 0 saturated carbocycles. The van der Waals surface area contributed by atoms with Gasteiger partial charge in [-0.3, -0.25) is 9.36 Å². The third-order valence-electron chi connectivity index (χ3n) is 6.04. The standard InChI is InChI=1S/C30H28Cl3FN2O3/c1-16-15-36(22-9-7-8-17(24(16)22)10-11-23(37)39-29(2,3)4)28(38)26-19(14-35-27(26)30(5,6)34)25-20(32)12-18(31)13-21(25)33/h7-15,35H,1-6H3/b11-10+. The number of H-pyrrole nitrogens is 1. The Labute approximate surface area is 241 Å². The highest BCUT2D eigenvalue weighted by molar-refractivity contribution is 6.42. The number of rotatable bonds is 5. The maximum Gasteiger partial charge on any atom is 0.331 e. The molecule has 2 aromatic heterocycles. The lowest BCUT2D eigenvalue weighted by atomic mass is 9.96. The molecule has 39 heavy (non-hydrogen) atoms. The van der Waals surface area contributed by atoms with Crippen molar-refractivity contribution in [3.63, 3.8) is 0 Å². The average Bonchev–Trinajstić information content (AvgIpc) is 3.38. The molecule has 0 radical (unpaired) electrons. The number of halogens is 4. The van der Waals surface area contributed by atoms with Gasteiger partial charge in [-0.2, -0.15) is 0 Å². The predicted molar refractivity (Wildman–Crippen MR) is 157 cm³/mol. The van der Waals surface area contributed by atoms with Crippen LogP contribution in [0, 0.1) is 6.92 Å². The summed E-state index contributed by atoms with van der Waals surface area (Å²) in [6, 6.07) is 8.45. The molecule has 0 saturated heterocycles. The summed E-state index contributed by atoms with van der Waals surface area (Å²) in [5.41, 5.74) is 0.520. The van der Waals surface area contributed by atoms with Crippen molar-refractivity contribution in [2.24, 2.45) is 0 Å². The number of hydrogen-bond acceptors (Lipinski definition) is 3. The number of ether oxygens (including phenoxy) is 1. The van der Waals surface area contributed by atoms with Gasteiger partial charge in [-0.15, -0.1) is 0 Å². The van der Waals surface area contributed by atoms with E-state index in [1.54, 1.807) is 45.2 Å². The summed E-state index contributed by atoms with van der Waals surface area (Å²) >= 11 is 19.1. The summed E-state index contributed by atoms with van der Waals surface area (Å²) in [5, 5.41) is 1.56. The summed E-state index contributed by atoms with van der Waals surface area (Å²) in [6.45, 7) is 9.97. The fourth-order valence-electron chi connectivity index (χ4n) is 4.55. The van der Waals surface area contributed by atoms with E-state index in [9.17, 15) is 9.59 Å². The number of aryl methyl sites for hydroxylation is 1. The number of carbonyl (C=O) groups is 2. The van der Waals surface area contributed by atoms with E-state index in [0.717, 1.165) is 16.5 Å². The number of nitrogens with zero attached hydrogens (tertiary/aromatic N) is 1. The number of aromatic amines is 1. The minimum Gasteiger partial charge on any atom is -0.457 e. The predicted octanol–water partition coefficient (Wildman–Crippen LogP) is 9.15. The Hall–Kier alpha value is -3.06. The molecule has 1 N–H and O–H groups in total. The lowest BCUT2D eigenvalue weighted by molar-refractivity contribution is -0.148. The van der Waals surface area contributed by atoms with Gasteiger partial charge in [-0.1, -0.05) is 46.9 Å². The lowest BCUT2D eigenvalue weighted by Crippen LogP contribution is -2.22. The highest BCUT2D eigenvalue weighted by atomic mass is 35.5. The van der Waals surface area contributed by atoms with E-state index < -0.39 is 23.1 Å². The fraction of sp³-hybridized carbons (Fsp3) is 0.267. The number of benzene rings is 2. The zero-order valence-corrected chi connectivity index (χ0v) is 24.6. The van der Waals surface area contributed by atoms with Crippen LogP contribution in [0.3, 0.4) is 0 Å². The lowest BCUT2D eigenvalue weighted by Gasteiger charge is -2.18. The Morgan fingerprint density at radius 3 is 2.28 bits per heavy atom. The number of nitrogens with one attached hydrogen (secondary N) is 1. The molecule has 0 atom stereocenters. The van der Waals surface area contributed by atoms with E-state index in [1.165, 1.54) is 42.8 Å². The summed E-state index contributed by atoms with van der Waals surface area (Å²) in [4.78, 5) is 29.4. The Morgan fingerprint density at radius 2 is 1.69 bits per heavy atom. The van der Waals surface area contributed by atoms with Crippen LogP contribution in [0.25, 0.3) is 28.1 Å². The molecule has 0 amide bonds. The van der Waals surface area contributed by atoms with E-state index in [-0.39, 0.29) is 21.3 Å². The Morgan fingerprint density at radius 1 is 1.05 bits per heavy atom. The minimum atomic E-state index is -1.88. The molecule has 0 aliphatic rings. The van der Waals surface area contributed by atoms with Crippen molar-refractivity contribution in [2.75, 3.05) is 0 Å². The third-order valence-corrected chi connectivity index (χ3v) is 6.86. The molecule has 204 valence electrons. The topological polar surface area (TPSA) is 64.1 Å². The first-order valence-electron chi connectivity index (χ1n) is 12.2. The first kappa shape index (κ1) is 28.9. The van der Waals surface area contributed by atoms with Crippen LogP contribution >= 0.6 is 34.8 Å². The van der Waals surface area contributed by atoms with Gasteiger partial charge < -0.3 is 9.72 Å². The molecule has 0 bridgehead atoms. The second-order valence-electron chi connectivity index (χ2n) is 10.8. The van der Waals surface area contributed by atoms with E-state index in [4.69, 9.17) is 39.5 Å². The van der Waals surface area contributed by atoms with Crippen LogP contribution in [0.4, 0.5) is 4.39 Å². The van der Waals surface area contributed by atoms with E-state index in [0.29, 0.717) is 21.7 Å². The van der Waals surface area contributed by atoms with Crippen LogP contribution in [-0.4, -0.2) is 27.0 Å². The van der Waals surface area contributed by atoms with Gasteiger partial charge in [0.15, 0.2) is 0 Å². The monoisotopic (exact) mass is 588 g/mol. The van der Waals surface area contributed by atoms with Crippen molar-refractivity contribution >= 4 is 63.7 Å². The molecule has 5 nitrogen and oxygen atoms in total. The zero-order chi connectivity index (χ0) is 28.9. The largest absolute Gasteiger partial charge is 0.457 e. The fourth-order valence-corrected chi connectivity index (χ4v) is 5.57. The van der Waals surface area contributed by atoms with E-state index in [1.807, 2.05) is 13.0 Å². The number of fused-ring (bicyclic) bond motifs is 1. The van der Waals surface area contributed by atoms with Crippen LogP contribution < -0.4 is 0 Å². The van der Waals surface area contributed by atoms with Crippen LogP contribution in [0.15, 0.2) is 48.8 Å². The van der Waals surface area contributed by atoms with Gasteiger partial charge in [-0.05, 0) is 76.9 Å². The van der Waals surface area contributed by atoms with Gasteiger partial charge in [0, 0.05) is 40.0 Å². The second-order valence-corrected chi connectivity index (χ2v) is 12.0. The highest BCUT2D eigenvalue weighted by Crippen LogP contribution is 2.42. The smallest absolute Gasteiger partial charge is 0.331 e. The number of aromatic nitrogens is 2. The SMILES string of the molecule is Cc1cn(C(=O)c2c(-c3c(Cl)cc(Cl)cc3Cl)c[nH]c2C(C)(C)F)c2cccc(/C=C/C(=O)OC(C)(C)C)c12.